The standard InChI is InChI=1S/C10H21NOS/c1-3-4-5-11(6-7-12)8-10(2)9-13/h12-13H,2-9H2,1H3. The molecule has 0 saturated heterocycles. The van der Waals surface area contributed by atoms with Crippen molar-refractivity contribution < 1.29 is 5.11 Å². The van der Waals surface area contributed by atoms with Crippen molar-refractivity contribution in [2.45, 2.75) is 19.8 Å². The predicted molar refractivity (Wildman–Crippen MR) is 61.4 cm³/mol. The van der Waals surface area contributed by atoms with Crippen LogP contribution in [0.15, 0.2) is 12.2 Å². The van der Waals surface area contributed by atoms with Gasteiger partial charge in [-0.3, -0.25) is 4.90 Å². The molecule has 1 N–H and O–H groups in total. The topological polar surface area (TPSA) is 23.5 Å². The van der Waals surface area contributed by atoms with Gasteiger partial charge in [-0.1, -0.05) is 25.5 Å². The van der Waals surface area contributed by atoms with Crippen LogP contribution < -0.4 is 0 Å². The number of thiol groups is 1. The Kier molecular flexibility index (Phi) is 8.61. The smallest absolute Gasteiger partial charge is 0.0558 e. The van der Waals surface area contributed by atoms with Crippen LogP contribution in [0.1, 0.15) is 19.8 Å². The fourth-order valence-corrected chi connectivity index (χ4v) is 1.26. The Labute approximate surface area is 87.0 Å². The molecule has 0 atom stereocenters. The van der Waals surface area contributed by atoms with E-state index < -0.39 is 0 Å². The number of hydrogen-bond acceptors (Lipinski definition) is 3. The lowest BCUT2D eigenvalue weighted by Gasteiger charge is -2.21. The zero-order chi connectivity index (χ0) is 10.1. The van der Waals surface area contributed by atoms with Crippen LogP contribution in [-0.4, -0.2) is 42.0 Å². The molecule has 0 aliphatic rings. The Morgan fingerprint density at radius 3 is 2.62 bits per heavy atom. The monoisotopic (exact) mass is 203 g/mol. The van der Waals surface area contributed by atoms with Crippen molar-refractivity contribution in [1.29, 1.82) is 0 Å². The first kappa shape index (κ1) is 13.0. The second-order valence-electron chi connectivity index (χ2n) is 3.26. The van der Waals surface area contributed by atoms with Crippen molar-refractivity contribution in [3.05, 3.63) is 12.2 Å². The average Bonchev–Trinajstić information content (AvgIpc) is 2.14. The SMILES string of the molecule is C=C(CS)CN(CCO)CCCC. The van der Waals surface area contributed by atoms with Gasteiger partial charge in [0.05, 0.1) is 6.61 Å². The van der Waals surface area contributed by atoms with Gasteiger partial charge in [-0.05, 0) is 13.0 Å². The Morgan fingerprint density at radius 1 is 1.46 bits per heavy atom. The number of nitrogens with zero attached hydrogens (tertiary/aromatic N) is 1. The van der Waals surface area contributed by atoms with Crippen molar-refractivity contribution in [1.82, 2.24) is 4.90 Å². The first-order valence-corrected chi connectivity index (χ1v) is 5.48. The summed E-state index contributed by atoms with van der Waals surface area (Å²) in [5.74, 6) is 0.730. The second-order valence-corrected chi connectivity index (χ2v) is 3.58. The lowest BCUT2D eigenvalue weighted by Crippen LogP contribution is -2.30. The molecule has 0 heterocycles. The van der Waals surface area contributed by atoms with Crippen molar-refractivity contribution >= 4 is 12.6 Å². The van der Waals surface area contributed by atoms with E-state index in [1.54, 1.807) is 0 Å². The van der Waals surface area contributed by atoms with Crippen LogP contribution in [-0.2, 0) is 0 Å². The van der Waals surface area contributed by atoms with Crippen LogP contribution in [0.5, 0.6) is 0 Å². The molecule has 0 aromatic heterocycles. The third-order valence-electron chi connectivity index (χ3n) is 1.91. The van der Waals surface area contributed by atoms with Gasteiger partial charge in [-0.2, -0.15) is 12.6 Å². The van der Waals surface area contributed by atoms with Gasteiger partial charge in [0.25, 0.3) is 0 Å². The van der Waals surface area contributed by atoms with Gasteiger partial charge in [-0.15, -0.1) is 0 Å². The fourth-order valence-electron chi connectivity index (χ4n) is 1.16. The Hall–Kier alpha value is 0.01000. The van der Waals surface area contributed by atoms with Crippen LogP contribution in [0.25, 0.3) is 0 Å². The Morgan fingerprint density at radius 2 is 2.15 bits per heavy atom. The maximum atomic E-state index is 8.83. The minimum Gasteiger partial charge on any atom is -0.395 e. The molecular weight excluding hydrogens is 182 g/mol. The second kappa shape index (κ2) is 8.60. The molecule has 0 aliphatic carbocycles. The summed E-state index contributed by atoms with van der Waals surface area (Å²) in [6, 6.07) is 0. The van der Waals surface area contributed by atoms with E-state index in [0.29, 0.717) is 0 Å². The first-order chi connectivity index (χ1) is 6.24. The predicted octanol–water partition coefficient (Wildman–Crippen LogP) is 1.57. The summed E-state index contributed by atoms with van der Waals surface area (Å²) in [6.45, 7) is 8.95. The lowest BCUT2D eigenvalue weighted by molar-refractivity contribution is 0.204. The molecule has 0 radical (unpaired) electrons. The summed E-state index contributed by atoms with van der Waals surface area (Å²) in [6.07, 6.45) is 2.37. The minimum absolute atomic E-state index is 0.226. The number of aliphatic hydroxyl groups excluding tert-OH is 1. The van der Waals surface area contributed by atoms with Crippen molar-refractivity contribution in [3.63, 3.8) is 0 Å². The molecule has 3 heteroatoms. The molecular formula is C10H21NOS. The zero-order valence-corrected chi connectivity index (χ0v) is 9.39. The highest BCUT2D eigenvalue weighted by Gasteiger charge is 2.04. The molecule has 0 aromatic carbocycles. The van der Waals surface area contributed by atoms with Gasteiger partial charge in [0, 0.05) is 18.8 Å². The Balaban J connectivity index is 3.71. The van der Waals surface area contributed by atoms with Crippen molar-refractivity contribution in [2.75, 3.05) is 32.0 Å². The van der Waals surface area contributed by atoms with E-state index in [2.05, 4.69) is 31.0 Å². The van der Waals surface area contributed by atoms with Gasteiger partial charge < -0.3 is 5.11 Å². The molecule has 0 bridgehead atoms. The normalized spacial score (nSPS) is 10.8. The van der Waals surface area contributed by atoms with Crippen LogP contribution in [0.2, 0.25) is 0 Å². The maximum Gasteiger partial charge on any atom is 0.0558 e. The van der Waals surface area contributed by atoms with E-state index in [0.717, 1.165) is 31.0 Å². The van der Waals surface area contributed by atoms with E-state index in [9.17, 15) is 0 Å². The van der Waals surface area contributed by atoms with E-state index in [-0.39, 0.29) is 6.61 Å². The summed E-state index contributed by atoms with van der Waals surface area (Å²) in [4.78, 5) is 2.22. The zero-order valence-electron chi connectivity index (χ0n) is 8.50. The van der Waals surface area contributed by atoms with Crippen molar-refractivity contribution in [3.8, 4) is 0 Å². The quantitative estimate of drug-likeness (QED) is 0.462. The van der Waals surface area contributed by atoms with E-state index in [4.69, 9.17) is 5.11 Å². The highest BCUT2D eigenvalue weighted by atomic mass is 32.1. The summed E-state index contributed by atoms with van der Waals surface area (Å²) >= 11 is 4.16. The molecule has 0 aliphatic heterocycles. The minimum atomic E-state index is 0.226. The third-order valence-corrected chi connectivity index (χ3v) is 2.36. The fraction of sp³-hybridized carbons (Fsp3) is 0.800. The van der Waals surface area contributed by atoms with Crippen LogP contribution in [0.4, 0.5) is 0 Å². The van der Waals surface area contributed by atoms with Crippen molar-refractivity contribution in [2.24, 2.45) is 0 Å². The number of unbranched alkanes of at least 4 members (excludes halogenated alkanes) is 1. The number of hydrogen-bond donors (Lipinski definition) is 2. The average molecular weight is 203 g/mol. The number of aliphatic hydroxyl groups is 1. The third kappa shape index (κ3) is 7.11. The van der Waals surface area contributed by atoms with E-state index >= 15 is 0 Å². The molecule has 0 rings (SSSR count). The summed E-state index contributed by atoms with van der Waals surface area (Å²) in [5.41, 5.74) is 1.12. The molecule has 0 unspecified atom stereocenters. The molecule has 0 amide bonds. The molecule has 0 aromatic rings. The summed E-state index contributed by atoms with van der Waals surface area (Å²) in [5, 5.41) is 8.83. The summed E-state index contributed by atoms with van der Waals surface area (Å²) < 4.78 is 0. The van der Waals surface area contributed by atoms with Crippen LogP contribution >= 0.6 is 12.6 Å². The lowest BCUT2D eigenvalue weighted by atomic mass is 10.2. The summed E-state index contributed by atoms with van der Waals surface area (Å²) in [7, 11) is 0. The largest absolute Gasteiger partial charge is 0.395 e. The molecule has 0 fully saturated rings. The number of rotatable bonds is 8. The van der Waals surface area contributed by atoms with Gasteiger partial charge in [0.15, 0.2) is 0 Å². The molecule has 0 saturated carbocycles. The van der Waals surface area contributed by atoms with E-state index in [1.165, 1.54) is 12.8 Å². The van der Waals surface area contributed by atoms with Gasteiger partial charge >= 0.3 is 0 Å². The van der Waals surface area contributed by atoms with E-state index in [1.807, 2.05) is 0 Å². The molecule has 78 valence electrons. The van der Waals surface area contributed by atoms with Gasteiger partial charge in [0.2, 0.25) is 0 Å². The van der Waals surface area contributed by atoms with Crippen LogP contribution in [0.3, 0.4) is 0 Å². The molecule has 13 heavy (non-hydrogen) atoms. The first-order valence-electron chi connectivity index (χ1n) is 4.85. The van der Waals surface area contributed by atoms with Gasteiger partial charge in [0.1, 0.15) is 0 Å². The van der Waals surface area contributed by atoms with Gasteiger partial charge in [-0.25, -0.2) is 0 Å². The highest BCUT2D eigenvalue weighted by Crippen LogP contribution is 2.01. The maximum absolute atomic E-state index is 8.83. The van der Waals surface area contributed by atoms with Crippen LogP contribution in [0, 0.1) is 0 Å². The molecule has 2 nitrogen and oxygen atoms in total. The Bertz CT molecular complexity index is 139. The molecule has 0 spiro atoms. The highest BCUT2D eigenvalue weighted by molar-refractivity contribution is 7.80.